The Balaban J connectivity index is 1.85. The molecule has 0 saturated heterocycles. The first kappa shape index (κ1) is 16.7. The molecule has 8 heteroatoms. The van der Waals surface area contributed by atoms with E-state index in [9.17, 15) is 18.3 Å². The molecule has 0 aliphatic carbocycles. The fourth-order valence-corrected chi connectivity index (χ4v) is 4.99. The van der Waals surface area contributed by atoms with Gasteiger partial charge >= 0.3 is 5.97 Å². The average Bonchev–Trinajstić information content (AvgIpc) is 2.98. The number of rotatable bonds is 3. The van der Waals surface area contributed by atoms with E-state index in [1.54, 1.807) is 12.1 Å². The molecule has 2 aliphatic heterocycles. The highest BCUT2D eigenvalue weighted by Crippen LogP contribution is 2.42. The van der Waals surface area contributed by atoms with Crippen LogP contribution in [-0.4, -0.2) is 39.3 Å². The highest BCUT2D eigenvalue weighted by atomic mass is 32.2. The number of carboxylic acid groups (broad SMARTS) is 1. The van der Waals surface area contributed by atoms with Crippen LogP contribution in [0.5, 0.6) is 11.5 Å². The Kier molecular flexibility index (Phi) is 3.80. The monoisotopic (exact) mass is 375 g/mol. The predicted molar refractivity (Wildman–Crippen MR) is 93.8 cm³/mol. The van der Waals surface area contributed by atoms with E-state index >= 15 is 0 Å². The Morgan fingerprint density at radius 2 is 1.92 bits per heavy atom. The summed E-state index contributed by atoms with van der Waals surface area (Å²) < 4.78 is 38.6. The fourth-order valence-electron chi connectivity index (χ4n) is 3.37. The van der Waals surface area contributed by atoms with E-state index in [0.717, 1.165) is 11.6 Å². The third-order valence-corrected chi connectivity index (χ3v) is 6.37. The van der Waals surface area contributed by atoms with Gasteiger partial charge < -0.3 is 14.6 Å². The first-order valence-electron chi connectivity index (χ1n) is 8.18. The van der Waals surface area contributed by atoms with Gasteiger partial charge in [0.1, 0.15) is 18.8 Å². The molecule has 0 spiro atoms. The second-order valence-electron chi connectivity index (χ2n) is 6.30. The molecule has 1 N–H and O–H groups in total. The van der Waals surface area contributed by atoms with Gasteiger partial charge in [-0.05, 0) is 17.7 Å². The number of aromatic carboxylic acids is 1. The van der Waals surface area contributed by atoms with Crippen LogP contribution >= 0.6 is 0 Å². The van der Waals surface area contributed by atoms with Crippen LogP contribution in [0, 0.1) is 0 Å². The molecule has 26 heavy (non-hydrogen) atoms. The summed E-state index contributed by atoms with van der Waals surface area (Å²) in [6, 6.07) is 9.79. The van der Waals surface area contributed by atoms with Crippen LogP contribution in [0.4, 0.5) is 5.69 Å². The summed E-state index contributed by atoms with van der Waals surface area (Å²) in [4.78, 5) is 11.5. The smallest absolute Gasteiger partial charge is 0.339 e. The van der Waals surface area contributed by atoms with Crippen molar-refractivity contribution in [3.8, 4) is 11.5 Å². The van der Waals surface area contributed by atoms with Crippen molar-refractivity contribution in [3.63, 3.8) is 0 Å². The molecule has 2 heterocycles. The Hall–Kier alpha value is -2.74. The minimum absolute atomic E-state index is 0.0529. The second-order valence-corrected chi connectivity index (χ2v) is 8.16. The van der Waals surface area contributed by atoms with E-state index in [4.69, 9.17) is 9.47 Å². The summed E-state index contributed by atoms with van der Waals surface area (Å²) >= 11 is 0. The number of sulfonamides is 1. The van der Waals surface area contributed by atoms with Crippen LogP contribution in [-0.2, 0) is 10.0 Å². The lowest BCUT2D eigenvalue weighted by atomic mass is 10.0. The largest absolute Gasteiger partial charge is 0.486 e. The standard InChI is InChI=1S/C18H17NO6S/c1-11-10-19(15-5-3-2-4-13(11)15)26(22,23)12-8-14(18(20)21)17-16(9-12)24-6-7-25-17/h2-5,8-9,11H,6-7,10H2,1H3,(H,20,21)/t11-/m1/s1. The Labute approximate surface area is 150 Å². The van der Waals surface area contributed by atoms with Crippen LogP contribution in [0.3, 0.4) is 0 Å². The number of carbonyl (C=O) groups is 1. The van der Waals surface area contributed by atoms with Crippen LogP contribution in [0.2, 0.25) is 0 Å². The van der Waals surface area contributed by atoms with Crippen molar-refractivity contribution in [2.75, 3.05) is 24.1 Å². The molecule has 2 aliphatic rings. The molecule has 2 aromatic carbocycles. The molecule has 0 bridgehead atoms. The number of hydrogen-bond donors (Lipinski definition) is 1. The lowest BCUT2D eigenvalue weighted by molar-refractivity contribution is 0.0685. The maximum absolute atomic E-state index is 13.2. The molecule has 0 fully saturated rings. The van der Waals surface area contributed by atoms with E-state index in [1.807, 2.05) is 19.1 Å². The van der Waals surface area contributed by atoms with Crippen LogP contribution in [0.25, 0.3) is 0 Å². The van der Waals surface area contributed by atoms with Crippen molar-refractivity contribution in [3.05, 3.63) is 47.5 Å². The molecule has 0 unspecified atom stereocenters. The van der Waals surface area contributed by atoms with Gasteiger partial charge in [-0.3, -0.25) is 4.31 Å². The SMILES string of the molecule is C[C@@H]1CN(S(=O)(=O)c2cc3c(c(C(=O)O)c2)OCCO3)c2ccccc21. The highest BCUT2D eigenvalue weighted by molar-refractivity contribution is 7.92. The summed E-state index contributed by atoms with van der Waals surface area (Å²) in [5.41, 5.74) is 1.35. The molecule has 0 saturated carbocycles. The molecule has 0 amide bonds. The zero-order valence-electron chi connectivity index (χ0n) is 14.0. The van der Waals surface area contributed by atoms with Gasteiger partial charge in [-0.2, -0.15) is 0 Å². The highest BCUT2D eigenvalue weighted by Gasteiger charge is 2.36. The number of benzene rings is 2. The zero-order chi connectivity index (χ0) is 18.5. The number of nitrogens with zero attached hydrogens (tertiary/aromatic N) is 1. The first-order valence-corrected chi connectivity index (χ1v) is 9.62. The summed E-state index contributed by atoms with van der Waals surface area (Å²) in [7, 11) is -3.94. The van der Waals surface area contributed by atoms with E-state index in [0.29, 0.717) is 12.2 Å². The molecule has 7 nitrogen and oxygen atoms in total. The van der Waals surface area contributed by atoms with Gasteiger partial charge in [0, 0.05) is 18.5 Å². The maximum atomic E-state index is 13.2. The molecular formula is C18H17NO6S. The van der Waals surface area contributed by atoms with Crippen molar-refractivity contribution >= 4 is 21.7 Å². The average molecular weight is 375 g/mol. The van der Waals surface area contributed by atoms with Gasteiger partial charge in [0.25, 0.3) is 10.0 Å². The van der Waals surface area contributed by atoms with Crippen LogP contribution < -0.4 is 13.8 Å². The zero-order valence-corrected chi connectivity index (χ0v) is 14.8. The topological polar surface area (TPSA) is 93.1 Å². The van der Waals surface area contributed by atoms with Crippen molar-refractivity contribution in [2.24, 2.45) is 0 Å². The van der Waals surface area contributed by atoms with Gasteiger partial charge in [-0.25, -0.2) is 13.2 Å². The normalized spacial score (nSPS) is 18.5. The van der Waals surface area contributed by atoms with Gasteiger partial charge in [0.15, 0.2) is 11.5 Å². The third-order valence-electron chi connectivity index (χ3n) is 4.61. The number of ether oxygens (including phenoxy) is 2. The summed E-state index contributed by atoms with van der Waals surface area (Å²) in [5.74, 6) is -1.01. The van der Waals surface area contributed by atoms with Crippen molar-refractivity contribution < 1.29 is 27.8 Å². The van der Waals surface area contributed by atoms with Crippen LogP contribution in [0.15, 0.2) is 41.3 Å². The molecule has 4 rings (SSSR count). The lowest BCUT2D eigenvalue weighted by Crippen LogP contribution is -2.30. The van der Waals surface area contributed by atoms with Gasteiger partial charge in [-0.15, -0.1) is 0 Å². The van der Waals surface area contributed by atoms with Gasteiger partial charge in [0.05, 0.1) is 10.6 Å². The summed E-state index contributed by atoms with van der Waals surface area (Å²) in [5, 5.41) is 9.45. The predicted octanol–water partition coefficient (Wildman–Crippen LogP) is 2.47. The summed E-state index contributed by atoms with van der Waals surface area (Å²) in [6.07, 6.45) is 0. The van der Waals surface area contributed by atoms with Crippen LogP contribution in [0.1, 0.15) is 28.8 Å². The number of anilines is 1. The Bertz CT molecular complexity index is 1000. The molecule has 136 valence electrons. The van der Waals surface area contributed by atoms with Gasteiger partial charge in [-0.1, -0.05) is 25.1 Å². The first-order chi connectivity index (χ1) is 12.4. The molecule has 2 aromatic rings. The van der Waals surface area contributed by atoms with Crippen molar-refractivity contribution in [1.82, 2.24) is 0 Å². The summed E-state index contributed by atoms with van der Waals surface area (Å²) in [6.45, 7) is 2.72. The van der Waals surface area contributed by atoms with E-state index in [-0.39, 0.29) is 41.1 Å². The fraction of sp³-hybridized carbons (Fsp3) is 0.278. The molecule has 0 aromatic heterocycles. The second kappa shape index (κ2) is 5.91. The van der Waals surface area contributed by atoms with E-state index in [1.165, 1.54) is 10.4 Å². The molecule has 1 atom stereocenters. The number of para-hydroxylation sites is 1. The quantitative estimate of drug-likeness (QED) is 0.886. The minimum Gasteiger partial charge on any atom is -0.486 e. The lowest BCUT2D eigenvalue weighted by Gasteiger charge is -2.23. The number of fused-ring (bicyclic) bond motifs is 2. The maximum Gasteiger partial charge on any atom is 0.339 e. The van der Waals surface area contributed by atoms with E-state index < -0.39 is 16.0 Å². The van der Waals surface area contributed by atoms with E-state index in [2.05, 4.69) is 0 Å². The Morgan fingerprint density at radius 1 is 1.19 bits per heavy atom. The number of hydrogen-bond acceptors (Lipinski definition) is 5. The number of carboxylic acids is 1. The van der Waals surface area contributed by atoms with Gasteiger partial charge in [0.2, 0.25) is 0 Å². The minimum atomic E-state index is -3.94. The third kappa shape index (κ3) is 2.48. The Morgan fingerprint density at radius 3 is 2.69 bits per heavy atom. The van der Waals surface area contributed by atoms with Crippen molar-refractivity contribution in [1.29, 1.82) is 0 Å². The molecule has 0 radical (unpaired) electrons. The molecular weight excluding hydrogens is 358 g/mol. The van der Waals surface area contributed by atoms with Crippen molar-refractivity contribution in [2.45, 2.75) is 17.7 Å².